The van der Waals surface area contributed by atoms with Crippen molar-refractivity contribution in [2.75, 3.05) is 17.2 Å². The van der Waals surface area contributed by atoms with E-state index in [-0.39, 0.29) is 24.4 Å². The molecule has 0 saturated heterocycles. The number of fused-ring (bicyclic) bond motifs is 1. The Balaban J connectivity index is 1.30. The fourth-order valence-electron chi connectivity index (χ4n) is 4.82. The summed E-state index contributed by atoms with van der Waals surface area (Å²) in [5.41, 5.74) is 3.46. The van der Waals surface area contributed by atoms with Crippen molar-refractivity contribution in [1.29, 1.82) is 0 Å². The molecule has 2 heterocycles. The van der Waals surface area contributed by atoms with Crippen LogP contribution >= 0.6 is 34.4 Å². The predicted octanol–water partition coefficient (Wildman–Crippen LogP) is 7.63. The predicted molar refractivity (Wildman–Crippen MR) is 164 cm³/mol. The molecule has 6 nitrogen and oxygen atoms in total. The van der Waals surface area contributed by atoms with Gasteiger partial charge in [0.25, 0.3) is 5.91 Å². The molecule has 5 rings (SSSR count). The summed E-state index contributed by atoms with van der Waals surface area (Å²) in [6.07, 6.45) is 2.55. The Morgan fingerprint density at radius 3 is 2.62 bits per heavy atom. The van der Waals surface area contributed by atoms with E-state index in [1.807, 2.05) is 48.7 Å². The van der Waals surface area contributed by atoms with Crippen LogP contribution in [0.4, 0.5) is 10.7 Å². The Kier molecular flexibility index (Phi) is 9.04. The Hall–Kier alpha value is -3.40. The maximum atomic E-state index is 13.3. The number of nitrogens with one attached hydrogen (secondary N) is 2. The van der Waals surface area contributed by atoms with Crippen LogP contribution in [0.5, 0.6) is 0 Å². The van der Waals surface area contributed by atoms with Crippen molar-refractivity contribution in [2.24, 2.45) is 0 Å². The summed E-state index contributed by atoms with van der Waals surface area (Å²) < 4.78 is 5.39. The molecule has 0 saturated carbocycles. The summed E-state index contributed by atoms with van der Waals surface area (Å²) in [6.45, 7) is 3.89. The van der Waals surface area contributed by atoms with Crippen LogP contribution in [0, 0.1) is 0 Å². The number of carbonyl (C=O) groups excluding carboxylic acids is 3. The number of anilines is 2. The topological polar surface area (TPSA) is 84.5 Å². The van der Waals surface area contributed by atoms with Gasteiger partial charge in [0.05, 0.1) is 22.3 Å². The van der Waals surface area contributed by atoms with Crippen LogP contribution in [-0.2, 0) is 22.4 Å². The first-order valence-corrected chi connectivity index (χ1v) is 15.8. The molecule has 40 heavy (non-hydrogen) atoms. The molecule has 0 bridgehead atoms. The number of hydrogen-bond donors (Lipinski definition) is 2. The van der Waals surface area contributed by atoms with E-state index >= 15 is 0 Å². The van der Waals surface area contributed by atoms with Crippen LogP contribution in [0.1, 0.15) is 62.2 Å². The number of benzene rings is 2. The average molecular weight is 591 g/mol. The molecule has 2 atom stereocenters. The van der Waals surface area contributed by atoms with E-state index in [9.17, 15) is 14.4 Å². The Labute approximate surface area is 246 Å². The molecule has 206 valence electrons. The Bertz CT molecular complexity index is 1500. The smallest absolute Gasteiger partial charge is 0.341 e. The molecule has 0 radical (unpaired) electrons. The third kappa shape index (κ3) is 6.49. The lowest BCUT2D eigenvalue weighted by atomic mass is 9.83. The molecular weight excluding hydrogens is 561 g/mol. The van der Waals surface area contributed by atoms with Crippen molar-refractivity contribution in [1.82, 2.24) is 0 Å². The van der Waals surface area contributed by atoms with Gasteiger partial charge in [0.2, 0.25) is 5.91 Å². The summed E-state index contributed by atoms with van der Waals surface area (Å²) in [6, 6.07) is 21.5. The lowest BCUT2D eigenvalue weighted by Crippen LogP contribution is -2.23. The maximum Gasteiger partial charge on any atom is 0.341 e. The first-order valence-electron chi connectivity index (χ1n) is 13.2. The molecular formula is C31H30N2O4S3. The number of carbonyl (C=O) groups is 3. The molecule has 0 fully saturated rings. The largest absolute Gasteiger partial charge is 0.462 e. The van der Waals surface area contributed by atoms with Crippen molar-refractivity contribution in [3.05, 3.63) is 98.6 Å². The number of thioether (sulfide) groups is 1. The van der Waals surface area contributed by atoms with Crippen LogP contribution < -0.4 is 10.6 Å². The van der Waals surface area contributed by atoms with E-state index in [2.05, 4.69) is 34.9 Å². The number of ether oxygens (including phenoxy) is 1. The van der Waals surface area contributed by atoms with Crippen LogP contribution in [0.2, 0.25) is 0 Å². The second-order valence-corrected chi connectivity index (χ2v) is 13.0. The van der Waals surface area contributed by atoms with Gasteiger partial charge in [0, 0.05) is 15.5 Å². The number of rotatable bonds is 9. The zero-order valence-corrected chi connectivity index (χ0v) is 24.7. The fraction of sp³-hybridized carbons (Fsp3) is 0.258. The maximum absolute atomic E-state index is 13.3. The highest BCUT2D eigenvalue weighted by Crippen LogP contribution is 2.43. The fourth-order valence-corrected chi connectivity index (χ4v) is 7.69. The highest BCUT2D eigenvalue weighted by atomic mass is 32.2. The third-order valence-corrected chi connectivity index (χ3v) is 9.90. The van der Waals surface area contributed by atoms with Crippen molar-refractivity contribution >= 4 is 62.9 Å². The highest BCUT2D eigenvalue weighted by molar-refractivity contribution is 8.00. The van der Waals surface area contributed by atoms with Gasteiger partial charge in [-0.05, 0) is 79.8 Å². The van der Waals surface area contributed by atoms with Crippen molar-refractivity contribution in [3.8, 4) is 0 Å². The van der Waals surface area contributed by atoms with Gasteiger partial charge >= 0.3 is 5.97 Å². The molecule has 2 unspecified atom stereocenters. The second kappa shape index (κ2) is 12.8. The summed E-state index contributed by atoms with van der Waals surface area (Å²) in [5.74, 6) is -0.358. The number of esters is 1. The van der Waals surface area contributed by atoms with Gasteiger partial charge in [-0.3, -0.25) is 9.59 Å². The first-order chi connectivity index (χ1) is 19.4. The van der Waals surface area contributed by atoms with E-state index < -0.39 is 5.25 Å². The third-order valence-electron chi connectivity index (χ3n) is 6.77. The lowest BCUT2D eigenvalue weighted by Gasteiger charge is -2.23. The van der Waals surface area contributed by atoms with Crippen molar-refractivity contribution in [3.63, 3.8) is 0 Å². The number of hydrogen-bond acceptors (Lipinski definition) is 7. The first kappa shape index (κ1) is 28.1. The minimum Gasteiger partial charge on any atom is -0.462 e. The molecule has 2 aromatic heterocycles. The van der Waals surface area contributed by atoms with Gasteiger partial charge in [-0.2, -0.15) is 0 Å². The molecule has 2 aromatic carbocycles. The van der Waals surface area contributed by atoms with Crippen LogP contribution in [-0.4, -0.2) is 29.6 Å². The summed E-state index contributed by atoms with van der Waals surface area (Å²) >= 11 is 4.26. The van der Waals surface area contributed by atoms with E-state index in [1.54, 1.807) is 13.0 Å². The van der Waals surface area contributed by atoms with Crippen LogP contribution in [0.15, 0.2) is 77.0 Å². The quantitative estimate of drug-likeness (QED) is 0.155. The number of thiophene rings is 2. The standard InChI is InChI=1S/C31H30N2O4S3/c1-3-37-31(36)27-24-15-14-21(20-9-5-4-6-10-20)17-26(24)40-30(27)33-28(34)19(2)39-23-12-7-11-22(18-23)32-29(35)25-13-8-16-38-25/h4-13,16,18-19,21H,3,14-15,17H2,1-2H3,(H,32,35)(H,33,34). The van der Waals surface area contributed by atoms with Crippen molar-refractivity contribution < 1.29 is 19.1 Å². The molecule has 0 spiro atoms. The van der Waals surface area contributed by atoms with Gasteiger partial charge in [-0.1, -0.05) is 42.5 Å². The monoisotopic (exact) mass is 590 g/mol. The normalized spacial score (nSPS) is 15.1. The summed E-state index contributed by atoms with van der Waals surface area (Å²) in [7, 11) is 0. The lowest BCUT2D eigenvalue weighted by molar-refractivity contribution is -0.115. The van der Waals surface area contributed by atoms with Gasteiger partial charge in [-0.15, -0.1) is 34.4 Å². The zero-order chi connectivity index (χ0) is 28.1. The zero-order valence-electron chi connectivity index (χ0n) is 22.3. The van der Waals surface area contributed by atoms with Crippen molar-refractivity contribution in [2.45, 2.75) is 49.2 Å². The van der Waals surface area contributed by atoms with Gasteiger partial charge in [0.1, 0.15) is 5.00 Å². The molecule has 2 N–H and O–H groups in total. The minimum atomic E-state index is -0.436. The molecule has 4 aromatic rings. The number of amides is 2. The Morgan fingerprint density at radius 2 is 1.88 bits per heavy atom. The van der Waals surface area contributed by atoms with Crippen LogP contribution in [0.25, 0.3) is 0 Å². The Morgan fingerprint density at radius 1 is 1.05 bits per heavy atom. The van der Waals surface area contributed by atoms with Gasteiger partial charge < -0.3 is 15.4 Å². The SMILES string of the molecule is CCOC(=O)c1c(NC(=O)C(C)Sc2cccc(NC(=O)c3cccs3)c2)sc2c1CCC(c1ccccc1)C2. The van der Waals surface area contributed by atoms with Crippen LogP contribution in [0.3, 0.4) is 0 Å². The summed E-state index contributed by atoms with van der Waals surface area (Å²) in [5, 5.41) is 7.93. The van der Waals surface area contributed by atoms with E-state index in [0.717, 1.165) is 34.6 Å². The minimum absolute atomic E-state index is 0.161. The van der Waals surface area contributed by atoms with Gasteiger partial charge in [0.15, 0.2) is 0 Å². The molecule has 1 aliphatic rings. The average Bonchev–Trinajstić information content (AvgIpc) is 3.62. The molecule has 9 heteroatoms. The van der Waals surface area contributed by atoms with E-state index in [0.29, 0.717) is 27.0 Å². The van der Waals surface area contributed by atoms with E-state index in [4.69, 9.17) is 4.74 Å². The highest BCUT2D eigenvalue weighted by Gasteiger charge is 2.31. The van der Waals surface area contributed by atoms with E-state index in [1.165, 1.54) is 40.0 Å². The second-order valence-electron chi connectivity index (χ2n) is 9.49. The molecule has 1 aliphatic carbocycles. The summed E-state index contributed by atoms with van der Waals surface area (Å²) in [4.78, 5) is 41.4. The van der Waals surface area contributed by atoms with Gasteiger partial charge in [-0.25, -0.2) is 4.79 Å². The molecule has 0 aliphatic heterocycles. The molecule has 2 amide bonds.